The number of para-hydroxylation sites is 1. The number of hydrogen-bond acceptors (Lipinski definition) is 6. The van der Waals surface area contributed by atoms with Crippen molar-refractivity contribution < 1.29 is 24.3 Å². The first-order valence-electron chi connectivity index (χ1n) is 14.3. The number of amides is 3. The van der Waals surface area contributed by atoms with E-state index in [1.807, 2.05) is 45.0 Å². The Morgan fingerprint density at radius 1 is 0.976 bits per heavy atom. The molecule has 2 aromatic rings. The molecule has 0 aliphatic carbocycles. The summed E-state index contributed by atoms with van der Waals surface area (Å²) in [5.41, 5.74) is 18.8. The van der Waals surface area contributed by atoms with Crippen molar-refractivity contribution in [2.24, 2.45) is 34.0 Å². The molecule has 13 nitrogen and oxygen atoms in total. The number of fused-ring (bicyclic) bond motifs is 1. The molecule has 1 heterocycles. The number of carbonyl (C=O) groups excluding carboxylic acids is 3. The van der Waals surface area contributed by atoms with Gasteiger partial charge in [-0.15, -0.1) is 0 Å². The van der Waals surface area contributed by atoms with Gasteiger partial charge in [-0.25, -0.2) is 4.79 Å². The van der Waals surface area contributed by atoms with E-state index in [-0.39, 0.29) is 43.6 Å². The van der Waals surface area contributed by atoms with E-state index in [2.05, 4.69) is 25.9 Å². The second kappa shape index (κ2) is 16.3. The van der Waals surface area contributed by atoms with Crippen LogP contribution in [-0.2, 0) is 25.6 Å². The van der Waals surface area contributed by atoms with Gasteiger partial charge in [-0.3, -0.25) is 19.4 Å². The van der Waals surface area contributed by atoms with E-state index >= 15 is 0 Å². The lowest BCUT2D eigenvalue weighted by Gasteiger charge is -2.27. The minimum Gasteiger partial charge on any atom is -0.480 e. The van der Waals surface area contributed by atoms with Crippen LogP contribution in [0.4, 0.5) is 0 Å². The molecule has 11 N–H and O–H groups in total. The zero-order chi connectivity index (χ0) is 31.4. The molecule has 1 aromatic heterocycles. The molecule has 3 amide bonds. The van der Waals surface area contributed by atoms with Gasteiger partial charge >= 0.3 is 5.97 Å². The van der Waals surface area contributed by atoms with Crippen molar-refractivity contribution in [2.75, 3.05) is 6.54 Å². The van der Waals surface area contributed by atoms with Crippen LogP contribution < -0.4 is 33.2 Å². The van der Waals surface area contributed by atoms with E-state index < -0.39 is 47.9 Å². The van der Waals surface area contributed by atoms with E-state index in [9.17, 15) is 24.3 Å². The van der Waals surface area contributed by atoms with Crippen molar-refractivity contribution in [3.05, 3.63) is 36.0 Å². The molecule has 5 atom stereocenters. The molecule has 232 valence electrons. The second-order valence-electron chi connectivity index (χ2n) is 11.1. The van der Waals surface area contributed by atoms with Crippen molar-refractivity contribution in [3.63, 3.8) is 0 Å². The quantitative estimate of drug-likeness (QED) is 0.0746. The van der Waals surface area contributed by atoms with Gasteiger partial charge in [0.05, 0.1) is 6.04 Å². The van der Waals surface area contributed by atoms with Crippen molar-refractivity contribution in [1.82, 2.24) is 20.9 Å². The highest BCUT2D eigenvalue weighted by molar-refractivity contribution is 5.94. The van der Waals surface area contributed by atoms with Crippen LogP contribution in [0.1, 0.15) is 58.9 Å². The second-order valence-corrected chi connectivity index (χ2v) is 11.1. The molecule has 0 saturated heterocycles. The Morgan fingerprint density at radius 3 is 2.24 bits per heavy atom. The molecule has 0 radical (unpaired) electrons. The van der Waals surface area contributed by atoms with Gasteiger partial charge in [0.1, 0.15) is 18.1 Å². The van der Waals surface area contributed by atoms with Crippen LogP contribution in [0.2, 0.25) is 0 Å². The molecular weight excluding hydrogens is 540 g/mol. The Labute approximate surface area is 246 Å². The van der Waals surface area contributed by atoms with Crippen molar-refractivity contribution in [2.45, 2.75) is 84.0 Å². The summed E-state index contributed by atoms with van der Waals surface area (Å²) in [6.07, 6.45) is 3.39. The lowest BCUT2D eigenvalue weighted by molar-refractivity contribution is -0.144. The van der Waals surface area contributed by atoms with Crippen LogP contribution in [0.25, 0.3) is 10.9 Å². The SMILES string of the molecule is CCC(C)C(NC(=O)C(CC(C)C)NC(=O)C(CCCN=C(N)N)NC(=O)C(N)Cc1c[nH]c2ccccc12)C(=O)O. The van der Waals surface area contributed by atoms with E-state index in [0.717, 1.165) is 16.5 Å². The number of rotatable bonds is 17. The van der Waals surface area contributed by atoms with Crippen LogP contribution in [0.5, 0.6) is 0 Å². The van der Waals surface area contributed by atoms with Crippen molar-refractivity contribution >= 4 is 40.6 Å². The third-order valence-electron chi connectivity index (χ3n) is 7.15. The van der Waals surface area contributed by atoms with Crippen molar-refractivity contribution in [1.29, 1.82) is 0 Å². The smallest absolute Gasteiger partial charge is 0.326 e. The highest BCUT2D eigenvalue weighted by atomic mass is 16.4. The highest BCUT2D eigenvalue weighted by Gasteiger charge is 2.32. The van der Waals surface area contributed by atoms with E-state index in [0.29, 0.717) is 12.8 Å². The first kappa shape index (κ1) is 34.1. The summed E-state index contributed by atoms with van der Waals surface area (Å²) in [6, 6.07) is 3.56. The molecule has 1 aromatic carbocycles. The summed E-state index contributed by atoms with van der Waals surface area (Å²) in [5, 5.41) is 18.6. The van der Waals surface area contributed by atoms with Gasteiger partial charge in [-0.2, -0.15) is 0 Å². The standard InChI is InChI=1S/C29H46N8O5/c1-5-17(4)24(28(41)42)37-27(40)23(13-16(2)3)36-26(39)22(11-8-12-33-29(31)32)35-25(38)20(30)14-18-15-34-21-10-7-6-9-19(18)21/h6-7,9-10,15-17,20,22-24,34H,5,8,11-14,30H2,1-4H3,(H,35,38)(H,36,39)(H,37,40)(H,41,42)(H4,31,32,33). The lowest BCUT2D eigenvalue weighted by Crippen LogP contribution is -2.58. The van der Waals surface area contributed by atoms with Crippen LogP contribution in [0.15, 0.2) is 35.5 Å². The zero-order valence-electron chi connectivity index (χ0n) is 24.9. The predicted molar refractivity (Wildman–Crippen MR) is 162 cm³/mol. The highest BCUT2D eigenvalue weighted by Crippen LogP contribution is 2.19. The number of aromatic amines is 1. The number of nitrogens with one attached hydrogen (secondary N) is 4. The van der Waals surface area contributed by atoms with Gasteiger partial charge in [-0.1, -0.05) is 52.3 Å². The number of nitrogens with zero attached hydrogens (tertiary/aromatic N) is 1. The maximum absolute atomic E-state index is 13.5. The maximum Gasteiger partial charge on any atom is 0.326 e. The molecule has 0 aliphatic rings. The third-order valence-corrected chi connectivity index (χ3v) is 7.15. The molecule has 0 bridgehead atoms. The third kappa shape index (κ3) is 10.4. The maximum atomic E-state index is 13.5. The number of benzene rings is 1. The van der Waals surface area contributed by atoms with Gasteiger partial charge < -0.3 is 43.2 Å². The molecule has 0 aliphatic heterocycles. The Kier molecular flexibility index (Phi) is 13.3. The average Bonchev–Trinajstić information content (AvgIpc) is 3.34. The largest absolute Gasteiger partial charge is 0.480 e. The summed E-state index contributed by atoms with van der Waals surface area (Å²) in [4.78, 5) is 58.7. The fraction of sp³-hybridized carbons (Fsp3) is 0.552. The van der Waals surface area contributed by atoms with Crippen LogP contribution in [0, 0.1) is 11.8 Å². The molecule has 0 spiro atoms. The molecule has 2 rings (SSSR count). The van der Waals surface area contributed by atoms with E-state index in [1.54, 1.807) is 13.1 Å². The molecule has 13 heteroatoms. The summed E-state index contributed by atoms with van der Waals surface area (Å²) in [6.45, 7) is 7.56. The number of aliphatic imine (C=N–C) groups is 1. The number of aliphatic carboxylic acids is 1. The predicted octanol–water partition coefficient (Wildman–Crippen LogP) is 0.723. The zero-order valence-corrected chi connectivity index (χ0v) is 24.9. The fourth-order valence-electron chi connectivity index (χ4n) is 4.59. The Balaban J connectivity index is 2.19. The summed E-state index contributed by atoms with van der Waals surface area (Å²) in [7, 11) is 0. The number of hydrogen-bond donors (Lipinski definition) is 8. The van der Waals surface area contributed by atoms with Gasteiger partial charge in [-0.05, 0) is 49.1 Å². The Morgan fingerprint density at radius 2 is 1.62 bits per heavy atom. The summed E-state index contributed by atoms with van der Waals surface area (Å²) < 4.78 is 0. The van der Waals surface area contributed by atoms with Gasteiger partial charge in [0.2, 0.25) is 17.7 Å². The minimum absolute atomic E-state index is 0.00688. The van der Waals surface area contributed by atoms with Gasteiger partial charge in [0, 0.05) is 23.6 Å². The minimum atomic E-state index is -1.15. The number of aromatic nitrogens is 1. The summed E-state index contributed by atoms with van der Waals surface area (Å²) >= 11 is 0. The van der Waals surface area contributed by atoms with Crippen molar-refractivity contribution in [3.8, 4) is 0 Å². The topological polar surface area (TPSA) is 231 Å². The number of nitrogens with two attached hydrogens (primary N) is 3. The van der Waals surface area contributed by atoms with Gasteiger partial charge in [0.15, 0.2) is 5.96 Å². The molecule has 42 heavy (non-hydrogen) atoms. The number of carboxylic acids is 1. The number of H-pyrrole nitrogens is 1. The van der Waals surface area contributed by atoms with E-state index in [1.165, 1.54) is 0 Å². The average molecular weight is 587 g/mol. The normalized spacial score (nSPS) is 14.8. The van der Waals surface area contributed by atoms with Gasteiger partial charge in [0.25, 0.3) is 0 Å². The molecule has 5 unspecified atom stereocenters. The lowest BCUT2D eigenvalue weighted by atomic mass is 9.97. The van der Waals surface area contributed by atoms with Crippen LogP contribution in [-0.4, -0.2) is 70.5 Å². The fourth-order valence-corrected chi connectivity index (χ4v) is 4.59. The molecule has 0 saturated carbocycles. The number of carbonyl (C=O) groups is 4. The number of guanidine groups is 1. The first-order valence-corrected chi connectivity index (χ1v) is 14.3. The Hall–Kier alpha value is -4.13. The monoisotopic (exact) mass is 586 g/mol. The first-order chi connectivity index (χ1) is 19.8. The van der Waals surface area contributed by atoms with E-state index in [4.69, 9.17) is 17.2 Å². The van der Waals surface area contributed by atoms with Crippen LogP contribution >= 0.6 is 0 Å². The summed E-state index contributed by atoms with van der Waals surface area (Å²) in [5.74, 6) is -3.29. The number of carboxylic acid groups (broad SMARTS) is 1. The molecule has 0 fully saturated rings. The molecular formula is C29H46N8O5. The Bertz CT molecular complexity index is 1240. The van der Waals surface area contributed by atoms with Crippen LogP contribution in [0.3, 0.4) is 0 Å².